The second kappa shape index (κ2) is 25.8. The Morgan fingerprint density at radius 3 is 2.40 bits per heavy atom. The Bertz CT molecular complexity index is 1450. The molecule has 0 aromatic rings. The van der Waals surface area contributed by atoms with Crippen LogP contribution in [0.15, 0.2) is 84.6 Å². The monoisotopic (exact) mass is 789 g/mol. The van der Waals surface area contributed by atoms with Crippen molar-refractivity contribution in [1.82, 2.24) is 10.2 Å². The molecular formula is C49H76N2O6. The summed E-state index contributed by atoms with van der Waals surface area (Å²) in [6.45, 7) is 13.5. The number of unbranched alkanes of at least 4 members (excludes halogenated alkanes) is 5. The Labute approximate surface area is 345 Å². The van der Waals surface area contributed by atoms with Gasteiger partial charge in [-0.05, 0) is 107 Å². The maximum atomic E-state index is 13.1. The van der Waals surface area contributed by atoms with Crippen LogP contribution in [-0.4, -0.2) is 70.3 Å². The highest BCUT2D eigenvalue weighted by Crippen LogP contribution is 2.45. The van der Waals surface area contributed by atoms with Crippen molar-refractivity contribution in [3.05, 3.63) is 84.6 Å². The van der Waals surface area contributed by atoms with Gasteiger partial charge in [0.1, 0.15) is 6.10 Å². The molecule has 3 rings (SSSR count). The molecule has 0 spiro atoms. The quantitative estimate of drug-likeness (QED) is 0.0295. The van der Waals surface area contributed by atoms with Crippen LogP contribution in [0.4, 0.5) is 0 Å². The first-order valence-electron chi connectivity index (χ1n) is 22.2. The lowest BCUT2D eigenvalue weighted by Crippen LogP contribution is -2.43. The van der Waals surface area contributed by atoms with Crippen molar-refractivity contribution >= 4 is 17.8 Å². The number of fused-ring (bicyclic) bond motifs is 1. The number of nitrogens with one attached hydrogen (secondary N) is 1. The average Bonchev–Trinajstić information content (AvgIpc) is 3.63. The van der Waals surface area contributed by atoms with Crippen molar-refractivity contribution < 1.29 is 29.3 Å². The molecule has 0 aromatic heterocycles. The average molecular weight is 789 g/mol. The van der Waals surface area contributed by atoms with Crippen molar-refractivity contribution in [3.63, 3.8) is 0 Å². The van der Waals surface area contributed by atoms with E-state index in [2.05, 4.69) is 80.8 Å². The number of carbonyl (C=O) groups excluding carboxylic acids is 3. The molecular weight excluding hydrogens is 713 g/mol. The van der Waals surface area contributed by atoms with Crippen LogP contribution in [-0.2, 0) is 19.1 Å². The van der Waals surface area contributed by atoms with Crippen LogP contribution in [0, 0.1) is 29.1 Å². The Balaban J connectivity index is 1.33. The lowest BCUT2D eigenvalue weighted by atomic mass is 9.65. The van der Waals surface area contributed by atoms with E-state index < -0.39 is 17.6 Å². The largest absolute Gasteiger partial charge is 0.461 e. The number of aliphatic hydroxyl groups excluding tert-OH is 2. The molecule has 3 aliphatic rings. The number of rotatable bonds is 24. The van der Waals surface area contributed by atoms with Gasteiger partial charge in [0.15, 0.2) is 0 Å². The zero-order chi connectivity index (χ0) is 41.6. The number of allylic oxidation sites excluding steroid dienone is 12. The molecule has 0 saturated carbocycles. The summed E-state index contributed by atoms with van der Waals surface area (Å²) >= 11 is 0. The Morgan fingerprint density at radius 1 is 0.947 bits per heavy atom. The number of ether oxygens (including phenoxy) is 1. The smallest absolute Gasteiger partial charge is 0.311 e. The summed E-state index contributed by atoms with van der Waals surface area (Å²) in [6.07, 6.45) is 37.5. The van der Waals surface area contributed by atoms with E-state index in [1.165, 1.54) is 37.7 Å². The van der Waals surface area contributed by atoms with Gasteiger partial charge in [0.25, 0.3) is 0 Å². The van der Waals surface area contributed by atoms with Gasteiger partial charge >= 0.3 is 5.97 Å². The zero-order valence-electron chi connectivity index (χ0n) is 36.1. The van der Waals surface area contributed by atoms with Gasteiger partial charge in [0.2, 0.25) is 11.8 Å². The highest BCUT2D eigenvalue weighted by Gasteiger charge is 2.43. The molecule has 8 atom stereocenters. The summed E-state index contributed by atoms with van der Waals surface area (Å²) in [5.74, 6) is 0.313. The van der Waals surface area contributed by atoms with E-state index in [-0.39, 0.29) is 60.5 Å². The molecule has 1 heterocycles. The van der Waals surface area contributed by atoms with Crippen LogP contribution < -0.4 is 5.32 Å². The minimum Gasteiger partial charge on any atom is -0.461 e. The first kappa shape index (κ1) is 47.9. The van der Waals surface area contributed by atoms with Crippen LogP contribution in [0.1, 0.15) is 138 Å². The van der Waals surface area contributed by atoms with Crippen LogP contribution in [0.25, 0.3) is 0 Å². The van der Waals surface area contributed by atoms with Gasteiger partial charge < -0.3 is 25.2 Å². The minimum atomic E-state index is -0.974. The maximum Gasteiger partial charge on any atom is 0.311 e. The van der Waals surface area contributed by atoms with Gasteiger partial charge in [0, 0.05) is 25.0 Å². The predicted octanol–water partition coefficient (Wildman–Crippen LogP) is 9.66. The second-order valence-corrected chi connectivity index (χ2v) is 17.4. The fourth-order valence-corrected chi connectivity index (χ4v) is 8.09. The topological polar surface area (TPSA) is 116 Å². The molecule has 57 heavy (non-hydrogen) atoms. The number of hydrogen-bond donors (Lipinski definition) is 3. The number of amides is 2. The maximum absolute atomic E-state index is 13.1. The second-order valence-electron chi connectivity index (χ2n) is 17.4. The standard InChI is InChI=1S/C49H76N2O6/c1-7-9-10-11-12-13-14-15-16-17-18-19-20-21-22-23-24-25-46(55)51-31-30-40(36-51)50-45(54)35-42(53)34-41(52)28-29-43-38(4)26-27-39-32-37(3)33-44(47(39)43)57-48(56)49(5,6)8-2/h14-19,21-22,24-27,32,37-38,40-44,47,52-53H,7-13,20,23,28-31,33-36H2,1-6H3,(H,50,54)/b15-14?,17-16?,19-18-,22-21-,25-24?/t37-,38-,40-,41-,42+,43-,44?,47?/m0/s1. The summed E-state index contributed by atoms with van der Waals surface area (Å²) in [5, 5.41) is 24.7. The molecule has 8 nitrogen and oxygen atoms in total. The molecule has 0 aromatic carbocycles. The predicted molar refractivity (Wildman–Crippen MR) is 233 cm³/mol. The number of nitrogens with zero attached hydrogens (tertiary/aromatic N) is 1. The van der Waals surface area contributed by atoms with Crippen LogP contribution in [0.2, 0.25) is 0 Å². The fraction of sp³-hybridized carbons (Fsp3) is 0.653. The molecule has 1 saturated heterocycles. The molecule has 2 unspecified atom stereocenters. The lowest BCUT2D eigenvalue weighted by Gasteiger charge is -2.44. The Kier molecular flexibility index (Phi) is 21.7. The van der Waals surface area contributed by atoms with Gasteiger partial charge in [-0.1, -0.05) is 126 Å². The number of hydrogen-bond acceptors (Lipinski definition) is 6. The summed E-state index contributed by atoms with van der Waals surface area (Å²) in [7, 11) is 0. The van der Waals surface area contributed by atoms with E-state index in [0.717, 1.165) is 25.7 Å². The van der Waals surface area contributed by atoms with Gasteiger partial charge in [-0.2, -0.15) is 0 Å². The van der Waals surface area contributed by atoms with Crippen molar-refractivity contribution in [2.75, 3.05) is 13.1 Å². The zero-order valence-corrected chi connectivity index (χ0v) is 36.1. The molecule has 2 amide bonds. The molecule has 8 heteroatoms. The first-order valence-corrected chi connectivity index (χ1v) is 22.2. The third kappa shape index (κ3) is 17.5. The van der Waals surface area contributed by atoms with Gasteiger partial charge in [0.05, 0.1) is 24.0 Å². The summed E-state index contributed by atoms with van der Waals surface area (Å²) in [4.78, 5) is 40.4. The normalized spacial score (nSPS) is 25.2. The number of likely N-dealkylation sites (tertiary alicyclic amines) is 1. The van der Waals surface area contributed by atoms with E-state index >= 15 is 0 Å². The first-order chi connectivity index (χ1) is 27.3. The van der Waals surface area contributed by atoms with E-state index in [4.69, 9.17) is 4.74 Å². The van der Waals surface area contributed by atoms with Gasteiger partial charge in [-0.15, -0.1) is 0 Å². The van der Waals surface area contributed by atoms with E-state index in [0.29, 0.717) is 44.7 Å². The fourth-order valence-electron chi connectivity index (χ4n) is 8.09. The van der Waals surface area contributed by atoms with Crippen molar-refractivity contribution in [3.8, 4) is 0 Å². The van der Waals surface area contributed by atoms with Crippen LogP contribution in [0.3, 0.4) is 0 Å². The highest BCUT2D eigenvalue weighted by molar-refractivity contribution is 5.88. The molecule has 0 radical (unpaired) electrons. The molecule has 1 fully saturated rings. The summed E-state index contributed by atoms with van der Waals surface area (Å²) < 4.78 is 6.22. The Morgan fingerprint density at radius 2 is 1.67 bits per heavy atom. The van der Waals surface area contributed by atoms with E-state index in [1.807, 2.05) is 39.0 Å². The van der Waals surface area contributed by atoms with Gasteiger partial charge in [-0.3, -0.25) is 14.4 Å². The molecule has 1 aliphatic heterocycles. The van der Waals surface area contributed by atoms with Crippen molar-refractivity contribution in [2.24, 2.45) is 29.1 Å². The molecule has 3 N–H and O–H groups in total. The SMILES string of the molecule is CCCCCCCC=CC=C/C=C\C/C=C\CC=CC(=O)N1CC[C@H](NC(=O)C[C@H](O)C[C@@H](O)CC[C@@H]2C3C(=C[C@H](C)CC3OC(=O)C(C)(C)CC)C=C[C@@H]2C)C1. The third-order valence-electron chi connectivity index (χ3n) is 12.0. The Hall–Kier alpha value is -3.49. The number of carbonyl (C=O) groups is 3. The van der Waals surface area contributed by atoms with E-state index in [9.17, 15) is 24.6 Å². The molecule has 318 valence electrons. The summed E-state index contributed by atoms with van der Waals surface area (Å²) in [6, 6.07) is -0.162. The van der Waals surface area contributed by atoms with E-state index in [1.54, 1.807) is 11.0 Å². The van der Waals surface area contributed by atoms with Crippen molar-refractivity contribution in [2.45, 2.75) is 162 Å². The lowest BCUT2D eigenvalue weighted by molar-refractivity contribution is -0.164. The third-order valence-corrected chi connectivity index (χ3v) is 12.0. The highest BCUT2D eigenvalue weighted by atomic mass is 16.5. The molecule has 2 aliphatic carbocycles. The van der Waals surface area contributed by atoms with Crippen LogP contribution >= 0.6 is 0 Å². The number of esters is 1. The molecule has 0 bridgehead atoms. The van der Waals surface area contributed by atoms with Gasteiger partial charge in [-0.25, -0.2) is 0 Å². The van der Waals surface area contributed by atoms with Crippen molar-refractivity contribution in [1.29, 1.82) is 0 Å². The minimum absolute atomic E-state index is 0.0650. The van der Waals surface area contributed by atoms with Crippen LogP contribution in [0.5, 0.6) is 0 Å². The summed E-state index contributed by atoms with van der Waals surface area (Å²) in [5.41, 5.74) is 0.667. The number of aliphatic hydroxyl groups is 2.